The third-order valence-corrected chi connectivity index (χ3v) is 3.67. The Hall–Kier alpha value is -1.87. The minimum atomic E-state index is -4.65. The number of ether oxygens (including phenoxy) is 1. The molecule has 0 aromatic rings. The van der Waals surface area contributed by atoms with Crippen LogP contribution in [0.4, 0.5) is 26.7 Å². The molecule has 1 fully saturated rings. The summed E-state index contributed by atoms with van der Waals surface area (Å²) in [6.07, 6.45) is -6.93. The van der Waals surface area contributed by atoms with Gasteiger partial charge >= 0.3 is 12.3 Å². The topological polar surface area (TPSA) is 53.9 Å². The molecule has 2 aliphatic rings. The number of alkyl carbamates (subject to hydrolysis) is 1. The second-order valence-electron chi connectivity index (χ2n) is 5.58. The first-order valence-electron chi connectivity index (χ1n) is 6.91. The van der Waals surface area contributed by atoms with Gasteiger partial charge in [-0.1, -0.05) is 0 Å². The van der Waals surface area contributed by atoms with E-state index in [1.54, 1.807) is 0 Å². The highest BCUT2D eigenvalue weighted by Crippen LogP contribution is 2.44. The predicted molar refractivity (Wildman–Crippen MR) is 70.7 cm³/mol. The molecular formula is C13H16F5N3O2. The number of carbonyl (C=O) groups excluding carboxylic acids is 1. The van der Waals surface area contributed by atoms with Gasteiger partial charge in [0.1, 0.15) is 5.82 Å². The van der Waals surface area contributed by atoms with Crippen molar-refractivity contribution in [2.45, 2.75) is 44.4 Å². The molecule has 1 aliphatic carbocycles. The van der Waals surface area contributed by atoms with Crippen LogP contribution in [0.3, 0.4) is 0 Å². The van der Waals surface area contributed by atoms with Crippen LogP contribution in [-0.2, 0) is 4.74 Å². The molecule has 23 heavy (non-hydrogen) atoms. The summed E-state index contributed by atoms with van der Waals surface area (Å²) in [5.41, 5.74) is 0.556. The molecule has 130 valence electrons. The SMILES string of the molecule is CC(OC(=O)NC1=CCC(C2CC(F)(F)C2)=NN1C)C(F)(F)F. The lowest BCUT2D eigenvalue weighted by atomic mass is 9.77. The van der Waals surface area contributed by atoms with Gasteiger partial charge in [0, 0.05) is 37.9 Å². The maximum absolute atomic E-state index is 12.9. The highest BCUT2D eigenvalue weighted by Gasteiger charge is 2.47. The highest BCUT2D eigenvalue weighted by atomic mass is 19.4. The van der Waals surface area contributed by atoms with Crippen molar-refractivity contribution in [3.05, 3.63) is 11.9 Å². The third-order valence-electron chi connectivity index (χ3n) is 3.67. The molecule has 1 aliphatic heterocycles. The maximum atomic E-state index is 12.9. The van der Waals surface area contributed by atoms with Gasteiger partial charge in [0.15, 0.2) is 6.10 Å². The van der Waals surface area contributed by atoms with E-state index in [1.165, 1.54) is 18.1 Å². The van der Waals surface area contributed by atoms with Gasteiger partial charge in [-0.05, 0) is 13.0 Å². The van der Waals surface area contributed by atoms with Crippen LogP contribution < -0.4 is 5.32 Å². The standard InChI is InChI=1S/C13H16F5N3O2/c1-7(13(16,17)18)23-11(22)19-10-4-3-9(20-21(10)2)8-5-12(14,15)6-8/h4,7-8H,3,5-6H2,1-2H3,(H,19,22). The monoisotopic (exact) mass is 341 g/mol. The molecule has 2 rings (SSSR count). The Morgan fingerprint density at radius 2 is 2.09 bits per heavy atom. The smallest absolute Gasteiger partial charge is 0.425 e. The number of nitrogens with one attached hydrogen (secondary N) is 1. The Labute approximate surface area is 129 Å². The van der Waals surface area contributed by atoms with Crippen molar-refractivity contribution in [3.63, 3.8) is 0 Å². The van der Waals surface area contributed by atoms with Gasteiger partial charge in [0.2, 0.25) is 5.92 Å². The number of hydrogen-bond donors (Lipinski definition) is 1. The normalized spacial score (nSPS) is 22.7. The zero-order valence-corrected chi connectivity index (χ0v) is 12.5. The molecule has 1 heterocycles. The Kier molecular flexibility index (Phi) is 4.54. The summed E-state index contributed by atoms with van der Waals surface area (Å²) in [6, 6.07) is 0. The fourth-order valence-corrected chi connectivity index (χ4v) is 2.26. The Morgan fingerprint density at radius 1 is 1.48 bits per heavy atom. The second-order valence-corrected chi connectivity index (χ2v) is 5.58. The van der Waals surface area contributed by atoms with Crippen LogP contribution in [0.2, 0.25) is 0 Å². The minimum absolute atomic E-state index is 0.138. The molecule has 0 aromatic carbocycles. The number of alkyl halides is 5. The summed E-state index contributed by atoms with van der Waals surface area (Å²) in [5, 5.41) is 7.46. The zero-order valence-electron chi connectivity index (χ0n) is 12.5. The van der Waals surface area contributed by atoms with Crippen LogP contribution in [0, 0.1) is 5.92 Å². The van der Waals surface area contributed by atoms with Crippen molar-refractivity contribution in [1.82, 2.24) is 10.3 Å². The van der Waals surface area contributed by atoms with Gasteiger partial charge in [-0.2, -0.15) is 18.3 Å². The van der Waals surface area contributed by atoms with Crippen molar-refractivity contribution in [3.8, 4) is 0 Å². The average Bonchev–Trinajstić information content (AvgIpc) is 2.37. The fourth-order valence-electron chi connectivity index (χ4n) is 2.26. The highest BCUT2D eigenvalue weighted by molar-refractivity contribution is 5.89. The number of rotatable bonds is 3. The van der Waals surface area contributed by atoms with Crippen molar-refractivity contribution < 1.29 is 31.5 Å². The summed E-state index contributed by atoms with van der Waals surface area (Å²) in [7, 11) is 1.45. The summed E-state index contributed by atoms with van der Waals surface area (Å²) in [4.78, 5) is 11.4. The first-order valence-corrected chi connectivity index (χ1v) is 6.91. The Bertz CT molecular complexity index is 536. The van der Waals surface area contributed by atoms with Gasteiger partial charge in [0.25, 0.3) is 0 Å². The van der Waals surface area contributed by atoms with Crippen LogP contribution in [0.15, 0.2) is 17.0 Å². The van der Waals surface area contributed by atoms with Crippen LogP contribution in [0.25, 0.3) is 0 Å². The number of allylic oxidation sites excluding steroid dienone is 1. The molecule has 0 aromatic heterocycles. The molecule has 0 spiro atoms. The number of nitrogens with zero attached hydrogens (tertiary/aromatic N) is 2. The number of carbonyl (C=O) groups is 1. The molecule has 1 N–H and O–H groups in total. The first kappa shape index (κ1) is 17.5. The lowest BCUT2D eigenvalue weighted by Crippen LogP contribution is -2.43. The maximum Gasteiger partial charge on any atom is 0.425 e. The molecule has 5 nitrogen and oxygen atoms in total. The van der Waals surface area contributed by atoms with E-state index in [2.05, 4.69) is 15.2 Å². The van der Waals surface area contributed by atoms with Gasteiger partial charge in [-0.25, -0.2) is 13.6 Å². The van der Waals surface area contributed by atoms with E-state index < -0.39 is 24.3 Å². The molecule has 1 unspecified atom stereocenters. The van der Waals surface area contributed by atoms with Gasteiger partial charge in [-0.3, -0.25) is 10.3 Å². The lowest BCUT2D eigenvalue weighted by molar-refractivity contribution is -0.197. The summed E-state index contributed by atoms with van der Waals surface area (Å²) >= 11 is 0. The molecule has 1 amide bonds. The molecule has 0 saturated heterocycles. The van der Waals surface area contributed by atoms with Gasteiger partial charge in [-0.15, -0.1) is 0 Å². The van der Waals surface area contributed by atoms with E-state index in [1.807, 2.05) is 0 Å². The average molecular weight is 341 g/mol. The van der Waals surface area contributed by atoms with Crippen LogP contribution in [0.1, 0.15) is 26.2 Å². The molecule has 1 saturated carbocycles. The molecule has 1 atom stereocenters. The van der Waals surface area contributed by atoms with Crippen molar-refractivity contribution in [1.29, 1.82) is 0 Å². The number of amides is 1. The molecule has 0 radical (unpaired) electrons. The van der Waals surface area contributed by atoms with E-state index in [0.717, 1.165) is 0 Å². The summed E-state index contributed by atoms with van der Waals surface area (Å²) < 4.78 is 66.8. The zero-order chi connectivity index (χ0) is 17.4. The number of halogens is 5. The van der Waals surface area contributed by atoms with Gasteiger partial charge in [0.05, 0.1) is 0 Å². The van der Waals surface area contributed by atoms with E-state index in [-0.39, 0.29) is 31.0 Å². The van der Waals surface area contributed by atoms with Gasteiger partial charge < -0.3 is 4.74 Å². The number of hydrazone groups is 1. The second kappa shape index (κ2) is 5.97. The summed E-state index contributed by atoms with van der Waals surface area (Å²) in [5.74, 6) is -2.84. The van der Waals surface area contributed by atoms with Crippen LogP contribution >= 0.6 is 0 Å². The quantitative estimate of drug-likeness (QED) is 0.802. The molecule has 0 bridgehead atoms. The third kappa shape index (κ3) is 4.32. The van der Waals surface area contributed by atoms with E-state index in [0.29, 0.717) is 12.6 Å². The molecule has 10 heteroatoms. The van der Waals surface area contributed by atoms with Crippen molar-refractivity contribution in [2.24, 2.45) is 11.0 Å². The van der Waals surface area contributed by atoms with E-state index in [4.69, 9.17) is 0 Å². The van der Waals surface area contributed by atoms with Crippen molar-refractivity contribution in [2.75, 3.05) is 7.05 Å². The number of hydrogen-bond acceptors (Lipinski definition) is 4. The van der Waals surface area contributed by atoms with E-state index >= 15 is 0 Å². The van der Waals surface area contributed by atoms with Crippen LogP contribution in [0.5, 0.6) is 0 Å². The Morgan fingerprint density at radius 3 is 2.57 bits per heavy atom. The minimum Gasteiger partial charge on any atom is -0.437 e. The Balaban J connectivity index is 1.86. The first-order chi connectivity index (χ1) is 10.5. The lowest BCUT2D eigenvalue weighted by Gasteiger charge is -2.37. The van der Waals surface area contributed by atoms with Crippen molar-refractivity contribution >= 4 is 11.8 Å². The predicted octanol–water partition coefficient (Wildman–Crippen LogP) is 3.24. The summed E-state index contributed by atoms with van der Waals surface area (Å²) in [6.45, 7) is 0.714. The fraction of sp³-hybridized carbons (Fsp3) is 0.692. The largest absolute Gasteiger partial charge is 0.437 e. The van der Waals surface area contributed by atoms with Crippen LogP contribution in [-0.4, -0.2) is 42.1 Å². The molecular weight excluding hydrogens is 325 g/mol. The van der Waals surface area contributed by atoms with E-state index in [9.17, 15) is 26.7 Å².